The molecule has 28 nitrogen and oxygen atoms in total. The first-order valence-corrected chi connectivity index (χ1v) is 21.1. The fourth-order valence-corrected chi connectivity index (χ4v) is 5.24. The average molecular weight is 1060 g/mol. The van der Waals surface area contributed by atoms with Crippen LogP contribution in [0.1, 0.15) is 65.0 Å². The fourth-order valence-electron chi connectivity index (χ4n) is 5.24. The van der Waals surface area contributed by atoms with Crippen LogP contribution in [0.4, 0.5) is 26.3 Å². The summed E-state index contributed by atoms with van der Waals surface area (Å²) >= 11 is 0. The zero-order valence-electron chi connectivity index (χ0n) is 40.0. The van der Waals surface area contributed by atoms with Crippen molar-refractivity contribution in [2.75, 3.05) is 6.54 Å². The molecule has 0 aliphatic carbocycles. The van der Waals surface area contributed by atoms with Gasteiger partial charge in [0.25, 0.3) is 11.1 Å². The van der Waals surface area contributed by atoms with Crippen LogP contribution < -0.4 is 71.6 Å². The van der Waals surface area contributed by atoms with Gasteiger partial charge in [-0.1, -0.05) is 0 Å². The molecule has 0 saturated heterocycles. The second-order valence-corrected chi connectivity index (χ2v) is 16.3. The lowest BCUT2D eigenvalue weighted by Crippen LogP contribution is -2.63. The molecule has 2 rings (SSSR count). The van der Waals surface area contributed by atoms with Crippen molar-refractivity contribution in [2.24, 2.45) is 17.2 Å². The summed E-state index contributed by atoms with van der Waals surface area (Å²) in [5, 5.41) is 28.8. The van der Waals surface area contributed by atoms with Crippen molar-refractivity contribution in [3.63, 3.8) is 0 Å². The monoisotopic (exact) mass is 1060 g/mol. The maximum atomic E-state index is 13.7. The van der Waals surface area contributed by atoms with Crippen LogP contribution in [-0.4, -0.2) is 143 Å². The van der Waals surface area contributed by atoms with Crippen molar-refractivity contribution in [1.82, 2.24) is 51.0 Å². The summed E-state index contributed by atoms with van der Waals surface area (Å²) < 4.78 is 65.4. The van der Waals surface area contributed by atoms with Crippen molar-refractivity contribution < 1.29 is 79.7 Å². The Labute approximate surface area is 407 Å². The number of aryl methyl sites for hydroxylation is 2. The van der Waals surface area contributed by atoms with Crippen LogP contribution in [-0.2, 0) is 56.2 Å². The van der Waals surface area contributed by atoms with E-state index in [0.29, 0.717) is 19.4 Å². The van der Waals surface area contributed by atoms with Gasteiger partial charge < -0.3 is 59.3 Å². The van der Waals surface area contributed by atoms with Gasteiger partial charge in [0.15, 0.2) is 0 Å². The Balaban J connectivity index is 0.00000322. The van der Waals surface area contributed by atoms with E-state index < -0.39 is 143 Å². The third-order valence-corrected chi connectivity index (χ3v) is 9.40. The van der Waals surface area contributed by atoms with Gasteiger partial charge in [-0.2, -0.15) is 26.3 Å². The Morgan fingerprint density at radius 3 is 1.34 bits per heavy atom. The molecule has 2 heterocycles. The Bertz CT molecular complexity index is 2550. The Morgan fingerprint density at radius 2 is 0.986 bits per heavy atom. The number of carboxylic acid groups (broad SMARTS) is 2. The number of nitrogens with one attached hydrogen (secondary N) is 8. The number of aromatic nitrogens is 4. The lowest BCUT2D eigenvalue weighted by atomic mass is 10.0. The highest BCUT2D eigenvalue weighted by Gasteiger charge is 2.39. The largest absolute Gasteiger partial charge is 0.490 e. The minimum Gasteiger partial charge on any atom is -0.475 e. The van der Waals surface area contributed by atoms with Crippen LogP contribution in [0.25, 0.3) is 0 Å². The van der Waals surface area contributed by atoms with E-state index in [4.69, 9.17) is 37.0 Å². The Kier molecular flexibility index (Phi) is 25.2. The number of amides is 7. The van der Waals surface area contributed by atoms with E-state index in [1.54, 1.807) is 0 Å². The zero-order chi connectivity index (χ0) is 57.1. The second-order valence-electron chi connectivity index (χ2n) is 16.3. The van der Waals surface area contributed by atoms with E-state index in [1.807, 2.05) is 0 Å². The van der Waals surface area contributed by atoms with E-state index in [0.717, 1.165) is 15.3 Å². The van der Waals surface area contributed by atoms with Crippen LogP contribution in [0.15, 0.2) is 31.6 Å². The standard InChI is InChI=1S/C35H55N13O11.2C2HF3O2/c1-16-12-47(33(58)44-25(16)50)14-22(42-27(52)18(3)37)30(55)40-20(5)29(54)46-35(6,7)32(57)43-23(15-48-13-17(2)26(51)45-34(48)59)31(56)39-19(4)28(53)41-21(24(38)49)10-8-9-11-36;2*3-2(4,5)1(6)7/h12-13,18-23H,8-11,14-15,36-37H2,1-7H3,(H2,38,49)(H,39,56)(H,40,55)(H,41,53)(H,42,52)(H,43,57)(H,46,54)(H,44,50,58)(H,45,51,59);2*(H,6,7)/t18-,19-,20-,21-,22-,23-;;/m0../s1. The quantitative estimate of drug-likeness (QED) is 0.0413. The molecule has 0 bridgehead atoms. The number of halogens is 6. The third kappa shape index (κ3) is 22.8. The molecule has 0 unspecified atom stereocenters. The number of nitrogens with two attached hydrogens (primary N) is 3. The molecule has 6 atom stereocenters. The van der Waals surface area contributed by atoms with Gasteiger partial charge in [-0.05, 0) is 74.3 Å². The first-order chi connectivity index (χ1) is 33.3. The van der Waals surface area contributed by atoms with Crippen LogP contribution in [0.2, 0.25) is 0 Å². The molecule has 0 aliphatic heterocycles. The number of alkyl halides is 6. The number of aromatic amines is 2. The van der Waals surface area contributed by atoms with Crippen molar-refractivity contribution in [3.8, 4) is 0 Å². The molecule has 2 aromatic rings. The van der Waals surface area contributed by atoms with Crippen LogP contribution in [0, 0.1) is 13.8 Å². The molecule has 0 spiro atoms. The van der Waals surface area contributed by atoms with Crippen molar-refractivity contribution in [2.45, 2.75) is 135 Å². The minimum atomic E-state index is -5.08. The van der Waals surface area contributed by atoms with Gasteiger partial charge in [0, 0.05) is 23.5 Å². The van der Waals surface area contributed by atoms with Gasteiger partial charge in [-0.25, -0.2) is 19.2 Å². The molecular formula is C39H57F6N13O15. The van der Waals surface area contributed by atoms with Gasteiger partial charge in [0.2, 0.25) is 41.4 Å². The number of hydrogen-bond donors (Lipinski definition) is 13. The maximum absolute atomic E-state index is 13.7. The molecule has 7 amide bonds. The van der Waals surface area contributed by atoms with E-state index in [2.05, 4.69) is 41.9 Å². The number of hydrogen-bond acceptors (Lipinski definition) is 15. The normalized spacial score (nSPS) is 13.7. The van der Waals surface area contributed by atoms with Crippen molar-refractivity contribution >= 4 is 53.3 Å². The highest BCUT2D eigenvalue weighted by Crippen LogP contribution is 2.14. The molecule has 0 radical (unpaired) electrons. The number of rotatable bonds is 21. The van der Waals surface area contributed by atoms with Crippen molar-refractivity contribution in [3.05, 3.63) is 65.2 Å². The number of H-pyrrole nitrogens is 2. The molecule has 0 aliphatic rings. The fraction of sp³-hybridized carbons (Fsp3) is 0.564. The van der Waals surface area contributed by atoms with Crippen LogP contribution in [0.5, 0.6) is 0 Å². The number of carbonyl (C=O) groups excluding carboxylic acids is 7. The predicted octanol–water partition coefficient (Wildman–Crippen LogP) is -4.71. The smallest absolute Gasteiger partial charge is 0.475 e. The minimum absolute atomic E-state index is 0.0961. The molecular weight excluding hydrogens is 1000 g/mol. The molecule has 16 N–H and O–H groups in total. The number of primary amides is 1. The summed E-state index contributed by atoms with van der Waals surface area (Å²) in [5.41, 5.74) is 11.8. The van der Waals surface area contributed by atoms with Crippen LogP contribution in [0.3, 0.4) is 0 Å². The van der Waals surface area contributed by atoms with Crippen molar-refractivity contribution in [1.29, 1.82) is 0 Å². The average Bonchev–Trinajstić information content (AvgIpc) is 3.25. The van der Waals surface area contributed by atoms with Gasteiger partial charge >= 0.3 is 35.7 Å². The number of nitrogens with zero attached hydrogens (tertiary/aromatic N) is 2. The highest BCUT2D eigenvalue weighted by atomic mass is 19.4. The zero-order valence-corrected chi connectivity index (χ0v) is 40.0. The molecule has 73 heavy (non-hydrogen) atoms. The topological polar surface area (TPSA) is 454 Å². The van der Waals surface area contributed by atoms with E-state index in [-0.39, 0.29) is 17.5 Å². The Morgan fingerprint density at radius 1 is 0.616 bits per heavy atom. The summed E-state index contributed by atoms with van der Waals surface area (Å²) in [6.45, 7) is 8.58. The number of unbranched alkanes of at least 4 members (excludes halogenated alkanes) is 1. The first kappa shape index (κ1) is 65.1. The van der Waals surface area contributed by atoms with E-state index in [1.165, 1.54) is 54.7 Å². The SMILES string of the molecule is Cc1cn(C[C@H](NC(=O)[C@H](C)N)C(=O)N[C@@H](C)C(=O)NC(C)(C)C(=O)N[C@@H](Cn2cc(C)c(=O)[nH]c2=O)C(=O)N[C@@H](C)C(=O)N[C@@H](CCCCN)C(N)=O)c(=O)[nH]c1=O.O=C(O)C(F)(F)F.O=C(O)C(F)(F)F. The predicted molar refractivity (Wildman–Crippen MR) is 238 cm³/mol. The molecule has 34 heteroatoms. The Hall–Kier alpha value is -7.91. The van der Waals surface area contributed by atoms with E-state index >= 15 is 0 Å². The summed E-state index contributed by atoms with van der Waals surface area (Å²) in [4.78, 5) is 162. The first-order valence-electron chi connectivity index (χ1n) is 21.1. The molecule has 0 saturated carbocycles. The van der Waals surface area contributed by atoms with Crippen LogP contribution >= 0.6 is 0 Å². The van der Waals surface area contributed by atoms with Gasteiger partial charge in [-0.15, -0.1) is 0 Å². The van der Waals surface area contributed by atoms with Gasteiger partial charge in [-0.3, -0.25) is 62.3 Å². The third-order valence-electron chi connectivity index (χ3n) is 9.40. The highest BCUT2D eigenvalue weighted by molar-refractivity contribution is 5.98. The molecule has 2 aromatic heterocycles. The summed E-state index contributed by atoms with van der Waals surface area (Å²) in [7, 11) is 0. The summed E-state index contributed by atoms with van der Waals surface area (Å²) in [6, 6.07) is -7.88. The summed E-state index contributed by atoms with van der Waals surface area (Å²) in [5.74, 6) is -11.7. The molecule has 0 fully saturated rings. The lowest BCUT2D eigenvalue weighted by Gasteiger charge is -2.30. The lowest BCUT2D eigenvalue weighted by molar-refractivity contribution is -0.193. The maximum Gasteiger partial charge on any atom is 0.490 e. The number of aliphatic carboxylic acids is 2. The molecule has 0 aromatic carbocycles. The molecule has 410 valence electrons. The van der Waals surface area contributed by atoms with Gasteiger partial charge in [0.05, 0.1) is 19.1 Å². The van der Waals surface area contributed by atoms with E-state index in [9.17, 15) is 79.1 Å². The summed E-state index contributed by atoms with van der Waals surface area (Å²) in [6.07, 6.45) is -6.59. The second kappa shape index (κ2) is 28.2. The number of carboxylic acids is 2. The number of carbonyl (C=O) groups is 9. The van der Waals surface area contributed by atoms with Gasteiger partial charge in [0.1, 0.15) is 35.7 Å².